The number of fused-ring (bicyclic) bond motifs is 7. The average molecular weight is 358 g/mol. The molecule has 8 atom stereocenters. The molecule has 1 heterocycles. The van der Waals surface area contributed by atoms with Crippen molar-refractivity contribution in [2.75, 3.05) is 0 Å². The van der Waals surface area contributed by atoms with Crippen LogP contribution in [0.1, 0.15) is 52.9 Å². The van der Waals surface area contributed by atoms with E-state index < -0.39 is 0 Å². The highest BCUT2D eigenvalue weighted by Crippen LogP contribution is 2.65. The SMILES string of the molecule is CC(=O)O[C@@H]1C[C@@]2(C)C(=CC(=O)[C@@H]3[C@@H]2CC[C@]2(C)C(=O)CC[C@@H]32)[C@@H]2O[C@H]12. The minimum atomic E-state index is -0.332. The quantitative estimate of drug-likeness (QED) is 0.532. The van der Waals surface area contributed by atoms with Crippen LogP contribution < -0.4 is 0 Å². The molecule has 4 fully saturated rings. The Balaban J connectivity index is 1.54. The zero-order chi connectivity index (χ0) is 18.4. The summed E-state index contributed by atoms with van der Waals surface area (Å²) in [5.41, 5.74) is 0.579. The highest BCUT2D eigenvalue weighted by molar-refractivity contribution is 5.97. The molecule has 0 amide bonds. The number of epoxide rings is 1. The van der Waals surface area contributed by atoms with E-state index in [9.17, 15) is 14.4 Å². The van der Waals surface area contributed by atoms with Crippen LogP contribution in [0.5, 0.6) is 0 Å². The molecule has 140 valence electrons. The third kappa shape index (κ3) is 1.98. The second-order valence-corrected chi connectivity index (χ2v) is 9.45. The van der Waals surface area contributed by atoms with Crippen LogP contribution in [0.2, 0.25) is 0 Å². The highest BCUT2D eigenvalue weighted by Gasteiger charge is 2.67. The Labute approximate surface area is 153 Å². The minimum Gasteiger partial charge on any atom is -0.460 e. The van der Waals surface area contributed by atoms with Crippen molar-refractivity contribution in [2.24, 2.45) is 28.6 Å². The van der Waals surface area contributed by atoms with E-state index in [0.29, 0.717) is 18.6 Å². The number of allylic oxidation sites excluding steroid dienone is 1. The van der Waals surface area contributed by atoms with E-state index in [0.717, 1.165) is 24.8 Å². The molecule has 4 aliphatic carbocycles. The number of ether oxygens (including phenoxy) is 2. The van der Waals surface area contributed by atoms with E-state index in [-0.39, 0.29) is 58.6 Å². The third-order valence-corrected chi connectivity index (χ3v) is 8.22. The standard InChI is InChI=1S/C21H26O5/c1-10(22)25-15-9-21(3)12-6-7-20(2)11(4-5-16(20)24)17(12)14(23)8-13(21)18-19(15)26-18/h8,11-12,15,17-19H,4-7,9H2,1-3H3/t11-,12-,15+,17-,18-,19+,20-,21+/m0/s1. The monoisotopic (exact) mass is 358 g/mol. The molecule has 1 aliphatic heterocycles. The van der Waals surface area contributed by atoms with Gasteiger partial charge in [-0.05, 0) is 54.6 Å². The predicted molar refractivity (Wildman–Crippen MR) is 92.1 cm³/mol. The van der Waals surface area contributed by atoms with Gasteiger partial charge in [0.1, 0.15) is 24.1 Å². The van der Waals surface area contributed by atoms with Crippen LogP contribution in [0.3, 0.4) is 0 Å². The van der Waals surface area contributed by atoms with Gasteiger partial charge in [0.05, 0.1) is 0 Å². The van der Waals surface area contributed by atoms with Crippen molar-refractivity contribution in [3.63, 3.8) is 0 Å². The topological polar surface area (TPSA) is 73.0 Å². The summed E-state index contributed by atoms with van der Waals surface area (Å²) in [4.78, 5) is 37.1. The molecule has 0 aromatic heterocycles. The molecule has 5 nitrogen and oxygen atoms in total. The van der Waals surface area contributed by atoms with Gasteiger partial charge in [-0.2, -0.15) is 0 Å². The molecular formula is C21H26O5. The molecular weight excluding hydrogens is 332 g/mol. The van der Waals surface area contributed by atoms with E-state index in [1.807, 2.05) is 6.08 Å². The lowest BCUT2D eigenvalue weighted by Crippen LogP contribution is -2.55. The molecule has 0 bridgehead atoms. The summed E-state index contributed by atoms with van der Waals surface area (Å²) in [6.07, 6.45) is 5.31. The normalized spacial score (nSPS) is 51.6. The van der Waals surface area contributed by atoms with Crippen molar-refractivity contribution in [1.29, 1.82) is 0 Å². The fourth-order valence-corrected chi connectivity index (χ4v) is 6.84. The number of carbonyl (C=O) groups excluding carboxylic acids is 3. The molecule has 26 heavy (non-hydrogen) atoms. The summed E-state index contributed by atoms with van der Waals surface area (Å²) in [5, 5.41) is 0. The Morgan fingerprint density at radius 1 is 1.19 bits per heavy atom. The maximum Gasteiger partial charge on any atom is 0.302 e. The summed E-state index contributed by atoms with van der Waals surface area (Å²) in [7, 11) is 0. The fraction of sp³-hybridized carbons (Fsp3) is 0.762. The third-order valence-electron chi connectivity index (χ3n) is 8.22. The summed E-state index contributed by atoms with van der Waals surface area (Å²) < 4.78 is 11.4. The van der Waals surface area contributed by atoms with Crippen molar-refractivity contribution in [3.05, 3.63) is 11.6 Å². The first kappa shape index (κ1) is 16.7. The van der Waals surface area contributed by atoms with Crippen LogP contribution in [0, 0.1) is 28.6 Å². The van der Waals surface area contributed by atoms with Gasteiger partial charge in [0, 0.05) is 24.7 Å². The van der Waals surface area contributed by atoms with Gasteiger partial charge in [-0.3, -0.25) is 14.4 Å². The molecule has 0 aromatic rings. The molecule has 1 saturated heterocycles. The van der Waals surface area contributed by atoms with E-state index in [2.05, 4.69) is 13.8 Å². The molecule has 0 spiro atoms. The van der Waals surface area contributed by atoms with Gasteiger partial charge in [-0.25, -0.2) is 0 Å². The van der Waals surface area contributed by atoms with Crippen molar-refractivity contribution in [2.45, 2.75) is 71.2 Å². The Hall–Kier alpha value is -1.49. The van der Waals surface area contributed by atoms with Crippen LogP contribution in [0.4, 0.5) is 0 Å². The van der Waals surface area contributed by atoms with Crippen molar-refractivity contribution >= 4 is 17.5 Å². The number of hydrogen-bond donors (Lipinski definition) is 0. The van der Waals surface area contributed by atoms with Gasteiger partial charge in [-0.15, -0.1) is 0 Å². The Kier molecular flexibility index (Phi) is 3.25. The van der Waals surface area contributed by atoms with Crippen LogP contribution in [0.15, 0.2) is 11.6 Å². The molecule has 0 unspecified atom stereocenters. The fourth-order valence-electron chi connectivity index (χ4n) is 6.84. The summed E-state index contributed by atoms with van der Waals surface area (Å²) in [5.74, 6) is 0.528. The van der Waals surface area contributed by atoms with E-state index in [1.54, 1.807) is 0 Å². The number of Topliss-reactive ketones (excluding diaryl/α,β-unsaturated/α-hetero) is 1. The first-order valence-electron chi connectivity index (χ1n) is 9.87. The van der Waals surface area contributed by atoms with Gasteiger partial charge in [0.2, 0.25) is 0 Å². The van der Waals surface area contributed by atoms with Gasteiger partial charge in [-0.1, -0.05) is 13.8 Å². The molecule has 3 saturated carbocycles. The Morgan fingerprint density at radius 3 is 2.65 bits per heavy atom. The van der Waals surface area contributed by atoms with Crippen LogP contribution in [-0.2, 0) is 23.9 Å². The predicted octanol–water partition coefficient (Wildman–Crippen LogP) is 2.62. The average Bonchev–Trinajstić information content (AvgIpc) is 3.30. The Morgan fingerprint density at radius 2 is 1.92 bits per heavy atom. The first-order valence-corrected chi connectivity index (χ1v) is 9.87. The van der Waals surface area contributed by atoms with E-state index in [4.69, 9.17) is 9.47 Å². The molecule has 5 heteroatoms. The molecule has 0 radical (unpaired) electrons. The second kappa shape index (κ2) is 5.06. The van der Waals surface area contributed by atoms with Crippen LogP contribution in [-0.4, -0.2) is 35.8 Å². The molecule has 0 aromatic carbocycles. The summed E-state index contributed by atoms with van der Waals surface area (Å²) >= 11 is 0. The summed E-state index contributed by atoms with van der Waals surface area (Å²) in [6.45, 7) is 5.73. The highest BCUT2D eigenvalue weighted by atomic mass is 16.6. The molecule has 5 rings (SSSR count). The first-order chi connectivity index (χ1) is 12.3. The number of ketones is 2. The van der Waals surface area contributed by atoms with Gasteiger partial charge in [0.15, 0.2) is 5.78 Å². The zero-order valence-electron chi connectivity index (χ0n) is 15.6. The number of hydrogen-bond acceptors (Lipinski definition) is 5. The lowest BCUT2D eigenvalue weighted by atomic mass is 9.47. The van der Waals surface area contributed by atoms with Crippen molar-refractivity contribution in [3.8, 4) is 0 Å². The van der Waals surface area contributed by atoms with Gasteiger partial charge >= 0.3 is 5.97 Å². The smallest absolute Gasteiger partial charge is 0.302 e. The van der Waals surface area contributed by atoms with E-state index in [1.165, 1.54) is 6.92 Å². The molecule has 0 N–H and O–H groups in total. The second-order valence-electron chi connectivity index (χ2n) is 9.45. The largest absolute Gasteiger partial charge is 0.460 e. The molecule has 5 aliphatic rings. The van der Waals surface area contributed by atoms with Crippen molar-refractivity contribution in [1.82, 2.24) is 0 Å². The maximum absolute atomic E-state index is 13.1. The lowest BCUT2D eigenvalue weighted by Gasteiger charge is -2.55. The number of esters is 1. The van der Waals surface area contributed by atoms with Gasteiger partial charge < -0.3 is 9.47 Å². The number of carbonyl (C=O) groups is 3. The minimum absolute atomic E-state index is 0.0813. The van der Waals surface area contributed by atoms with E-state index >= 15 is 0 Å². The van der Waals surface area contributed by atoms with Crippen LogP contribution in [0.25, 0.3) is 0 Å². The van der Waals surface area contributed by atoms with Crippen LogP contribution >= 0.6 is 0 Å². The zero-order valence-corrected chi connectivity index (χ0v) is 15.6. The van der Waals surface area contributed by atoms with Crippen molar-refractivity contribution < 1.29 is 23.9 Å². The Bertz CT molecular complexity index is 754. The summed E-state index contributed by atoms with van der Waals surface area (Å²) in [6, 6.07) is 0. The van der Waals surface area contributed by atoms with Gasteiger partial charge in [0.25, 0.3) is 0 Å². The lowest BCUT2D eigenvalue weighted by molar-refractivity contribution is -0.153. The maximum atomic E-state index is 13.1. The number of rotatable bonds is 1.